The van der Waals surface area contributed by atoms with Gasteiger partial charge in [0.1, 0.15) is 5.82 Å². The molecule has 5 nitrogen and oxygen atoms in total. The number of hydrogen-bond donors (Lipinski definition) is 2. The highest BCUT2D eigenvalue weighted by Gasteiger charge is 2.23. The summed E-state index contributed by atoms with van der Waals surface area (Å²) in [6, 6.07) is 11.6. The molecule has 6 rings (SSSR count). The summed E-state index contributed by atoms with van der Waals surface area (Å²) in [5.41, 5.74) is 7.20. The molecule has 0 bridgehead atoms. The fraction of sp³-hybridized carbons (Fsp3) is 0.667. The lowest BCUT2D eigenvalue weighted by atomic mass is 9.86. The van der Waals surface area contributed by atoms with Crippen molar-refractivity contribution in [3.63, 3.8) is 0 Å². The molecule has 2 N–H and O–H groups in total. The molecule has 5 heteroatoms. The van der Waals surface area contributed by atoms with E-state index in [1.807, 2.05) is 7.05 Å². The van der Waals surface area contributed by atoms with E-state index in [-0.39, 0.29) is 0 Å². The summed E-state index contributed by atoms with van der Waals surface area (Å²) in [5.74, 6) is 2.79. The number of fused-ring (bicyclic) bond motifs is 1. The summed E-state index contributed by atoms with van der Waals surface area (Å²) in [4.78, 5) is 4.72. The normalized spacial score (nSPS) is 19.6. The first-order chi connectivity index (χ1) is 18.8. The SMILES string of the molecule is CNCc1ccc(CC2CC2)cc1C1CCOCC1.c1cc2c(nc1CCCCOC1CCC1)NCCC2. The van der Waals surface area contributed by atoms with Gasteiger partial charge in [0.05, 0.1) is 6.10 Å². The van der Waals surface area contributed by atoms with Crippen LogP contribution >= 0.6 is 0 Å². The molecule has 2 aliphatic carbocycles. The van der Waals surface area contributed by atoms with Gasteiger partial charge in [0.15, 0.2) is 0 Å². The molecular weight excluding hydrogens is 470 g/mol. The second-order valence-electron chi connectivity index (χ2n) is 11.8. The second-order valence-corrected chi connectivity index (χ2v) is 11.8. The summed E-state index contributed by atoms with van der Waals surface area (Å²) >= 11 is 0. The van der Waals surface area contributed by atoms with Gasteiger partial charge in [-0.15, -0.1) is 0 Å². The Morgan fingerprint density at radius 3 is 2.63 bits per heavy atom. The van der Waals surface area contributed by atoms with Crippen molar-refractivity contribution in [3.8, 4) is 0 Å². The Morgan fingerprint density at radius 1 is 1.00 bits per heavy atom. The van der Waals surface area contributed by atoms with E-state index >= 15 is 0 Å². The number of rotatable bonds is 11. The lowest BCUT2D eigenvalue weighted by Crippen LogP contribution is -2.21. The third-order valence-electron chi connectivity index (χ3n) is 8.64. The van der Waals surface area contributed by atoms with Crippen molar-refractivity contribution in [3.05, 3.63) is 58.3 Å². The Bertz CT molecular complexity index is 996. The van der Waals surface area contributed by atoms with E-state index in [0.29, 0.717) is 12.0 Å². The largest absolute Gasteiger partial charge is 0.381 e. The van der Waals surface area contributed by atoms with Crippen molar-refractivity contribution in [1.82, 2.24) is 10.3 Å². The summed E-state index contributed by atoms with van der Waals surface area (Å²) in [6.07, 6.45) is 16.8. The zero-order valence-corrected chi connectivity index (χ0v) is 23.6. The summed E-state index contributed by atoms with van der Waals surface area (Å²) in [5, 5.41) is 6.70. The molecule has 0 radical (unpaired) electrons. The number of unbranched alkanes of at least 4 members (excludes halogenated alkanes) is 1. The Morgan fingerprint density at radius 2 is 1.87 bits per heavy atom. The molecule has 1 aromatic carbocycles. The van der Waals surface area contributed by atoms with Crippen LogP contribution in [0.25, 0.3) is 0 Å². The van der Waals surface area contributed by atoms with Gasteiger partial charge in [0, 0.05) is 38.6 Å². The number of aryl methyl sites for hydroxylation is 2. The Hall–Kier alpha value is -1.95. The van der Waals surface area contributed by atoms with Crippen molar-refractivity contribution in [2.75, 3.05) is 38.7 Å². The fourth-order valence-corrected chi connectivity index (χ4v) is 5.87. The first kappa shape index (κ1) is 27.6. The average Bonchev–Trinajstić information content (AvgIpc) is 3.75. The Labute approximate surface area is 230 Å². The maximum atomic E-state index is 5.77. The summed E-state index contributed by atoms with van der Waals surface area (Å²) in [7, 11) is 2.03. The van der Waals surface area contributed by atoms with Gasteiger partial charge in [-0.1, -0.05) is 24.3 Å². The van der Waals surface area contributed by atoms with Crippen LogP contribution in [-0.4, -0.2) is 44.5 Å². The van der Waals surface area contributed by atoms with Gasteiger partial charge in [-0.3, -0.25) is 0 Å². The number of anilines is 1. The molecule has 1 aromatic heterocycles. The van der Waals surface area contributed by atoms with Crippen LogP contribution in [0.2, 0.25) is 0 Å². The van der Waals surface area contributed by atoms with Gasteiger partial charge in [-0.2, -0.15) is 0 Å². The van der Waals surface area contributed by atoms with Crippen LogP contribution in [0.3, 0.4) is 0 Å². The molecule has 2 saturated carbocycles. The highest BCUT2D eigenvalue weighted by atomic mass is 16.5. The van der Waals surface area contributed by atoms with E-state index in [2.05, 4.69) is 41.0 Å². The van der Waals surface area contributed by atoms with Crippen LogP contribution in [0.15, 0.2) is 30.3 Å². The molecule has 2 aliphatic heterocycles. The van der Waals surface area contributed by atoms with E-state index in [4.69, 9.17) is 14.5 Å². The molecule has 2 aromatic rings. The van der Waals surface area contributed by atoms with Gasteiger partial charge in [-0.25, -0.2) is 4.98 Å². The van der Waals surface area contributed by atoms with E-state index in [0.717, 1.165) is 57.5 Å². The van der Waals surface area contributed by atoms with Crippen LogP contribution in [0.1, 0.15) is 98.1 Å². The minimum Gasteiger partial charge on any atom is -0.381 e. The third kappa shape index (κ3) is 8.27. The van der Waals surface area contributed by atoms with Crippen LogP contribution in [0.5, 0.6) is 0 Å². The first-order valence-electron chi connectivity index (χ1n) is 15.5. The van der Waals surface area contributed by atoms with Crippen molar-refractivity contribution in [2.45, 2.75) is 102 Å². The van der Waals surface area contributed by atoms with Crippen LogP contribution in [-0.2, 0) is 35.3 Å². The molecule has 0 unspecified atom stereocenters. The van der Waals surface area contributed by atoms with Gasteiger partial charge in [-0.05, 0) is 131 Å². The number of pyridine rings is 1. The van der Waals surface area contributed by atoms with Gasteiger partial charge in [0.2, 0.25) is 0 Å². The van der Waals surface area contributed by atoms with Crippen LogP contribution < -0.4 is 10.6 Å². The zero-order chi connectivity index (χ0) is 26.0. The lowest BCUT2D eigenvalue weighted by molar-refractivity contribution is 0.000815. The molecule has 4 aliphatic rings. The number of ether oxygens (including phenoxy) is 2. The fourth-order valence-electron chi connectivity index (χ4n) is 5.87. The molecule has 3 heterocycles. The number of hydrogen-bond acceptors (Lipinski definition) is 5. The monoisotopic (exact) mass is 519 g/mol. The number of nitrogens with zero attached hydrogens (tertiary/aromatic N) is 1. The molecule has 0 amide bonds. The molecule has 0 spiro atoms. The zero-order valence-electron chi connectivity index (χ0n) is 23.6. The standard InChI is InChI=1S/C17H25NO.C16H24N2O/c1-18-12-16-5-4-14(10-13-2-3-13)11-17(16)15-6-8-19-9-7-15;1(2-12-19-15-7-3-8-15)6-14-10-9-13-5-4-11-17-16(13)18-14/h4-5,11,13,15,18H,2-3,6-10,12H2,1H3;9-10,15H,1-8,11-12H2,(H,17,18). The Kier molecular flexibility index (Phi) is 10.5. The number of nitrogens with one attached hydrogen (secondary N) is 2. The van der Waals surface area contributed by atoms with Crippen LogP contribution in [0.4, 0.5) is 5.82 Å². The lowest BCUT2D eigenvalue weighted by Gasteiger charge is -2.25. The minimum atomic E-state index is 0.575. The van der Waals surface area contributed by atoms with E-state index in [1.54, 1.807) is 11.1 Å². The van der Waals surface area contributed by atoms with Gasteiger partial charge in [0.25, 0.3) is 0 Å². The van der Waals surface area contributed by atoms with Crippen molar-refractivity contribution >= 4 is 5.82 Å². The van der Waals surface area contributed by atoms with Crippen molar-refractivity contribution in [2.24, 2.45) is 5.92 Å². The molecule has 0 atom stereocenters. The van der Waals surface area contributed by atoms with Gasteiger partial charge < -0.3 is 20.1 Å². The number of benzene rings is 1. The maximum Gasteiger partial charge on any atom is 0.129 e. The third-order valence-corrected chi connectivity index (χ3v) is 8.64. The molecule has 38 heavy (non-hydrogen) atoms. The van der Waals surface area contributed by atoms with E-state index in [1.165, 1.54) is 87.4 Å². The molecule has 208 valence electrons. The van der Waals surface area contributed by atoms with Gasteiger partial charge >= 0.3 is 0 Å². The predicted molar refractivity (Wildman–Crippen MR) is 156 cm³/mol. The Balaban J connectivity index is 0.000000155. The van der Waals surface area contributed by atoms with E-state index < -0.39 is 0 Å². The minimum absolute atomic E-state index is 0.575. The quantitative estimate of drug-likeness (QED) is 0.328. The first-order valence-corrected chi connectivity index (χ1v) is 15.5. The predicted octanol–water partition coefficient (Wildman–Crippen LogP) is 6.58. The second kappa shape index (κ2) is 14.4. The average molecular weight is 520 g/mol. The molecule has 1 saturated heterocycles. The smallest absolute Gasteiger partial charge is 0.129 e. The molecular formula is C33H49N3O2. The van der Waals surface area contributed by atoms with Crippen molar-refractivity contribution in [1.29, 1.82) is 0 Å². The van der Waals surface area contributed by atoms with Crippen LogP contribution in [0, 0.1) is 5.92 Å². The highest BCUT2D eigenvalue weighted by molar-refractivity contribution is 5.47. The maximum absolute atomic E-state index is 5.77. The summed E-state index contributed by atoms with van der Waals surface area (Å²) < 4.78 is 11.3. The van der Waals surface area contributed by atoms with E-state index in [9.17, 15) is 0 Å². The molecule has 3 fully saturated rings. The topological polar surface area (TPSA) is 55.4 Å². The highest BCUT2D eigenvalue weighted by Crippen LogP contribution is 2.35. The van der Waals surface area contributed by atoms with Crippen molar-refractivity contribution < 1.29 is 9.47 Å². The summed E-state index contributed by atoms with van der Waals surface area (Å²) in [6.45, 7) is 4.83. The number of aromatic nitrogens is 1.